The van der Waals surface area contributed by atoms with Crippen LogP contribution in [0.25, 0.3) is 11.5 Å². The average Bonchev–Trinajstić information content (AvgIpc) is 3.10. The van der Waals surface area contributed by atoms with E-state index in [9.17, 15) is 4.79 Å². The van der Waals surface area contributed by atoms with Crippen molar-refractivity contribution in [1.29, 1.82) is 0 Å². The predicted octanol–water partition coefficient (Wildman–Crippen LogP) is 4.72. The van der Waals surface area contributed by atoms with Crippen molar-refractivity contribution >= 4 is 33.7 Å². The maximum Gasteiger partial charge on any atom is 0.337 e. The molecule has 1 heterocycles. The maximum absolute atomic E-state index is 11.6. The molecule has 128 valence electrons. The highest BCUT2D eigenvalue weighted by atomic mass is 79.9. The molecular weight excluding hydrogens is 404 g/mol. The molecule has 0 N–H and O–H groups in total. The summed E-state index contributed by atoms with van der Waals surface area (Å²) < 4.78 is 11.4. The van der Waals surface area contributed by atoms with E-state index in [1.54, 1.807) is 17.8 Å². The van der Waals surface area contributed by atoms with E-state index in [4.69, 9.17) is 9.15 Å². The Kier molecular flexibility index (Phi) is 5.88. The molecule has 0 saturated heterocycles. The van der Waals surface area contributed by atoms with Crippen LogP contribution in [-0.2, 0) is 16.2 Å². The number of benzene rings is 2. The maximum atomic E-state index is 11.6. The monoisotopic (exact) mass is 418 g/mol. The van der Waals surface area contributed by atoms with Gasteiger partial charge in [0, 0.05) is 10.2 Å². The summed E-state index contributed by atoms with van der Waals surface area (Å²) in [7, 11) is 1.38. The lowest BCUT2D eigenvalue weighted by atomic mass is 10.1. The van der Waals surface area contributed by atoms with Gasteiger partial charge in [0.25, 0.3) is 0 Å². The van der Waals surface area contributed by atoms with E-state index in [-0.39, 0.29) is 5.97 Å². The third-order valence-corrected chi connectivity index (χ3v) is 5.09. The minimum atomic E-state index is -0.332. The summed E-state index contributed by atoms with van der Waals surface area (Å²) in [6.45, 7) is 0. The predicted molar refractivity (Wildman–Crippen MR) is 100 cm³/mol. The molecule has 0 unspecified atom stereocenters. The first kappa shape index (κ1) is 17.7. The number of nitrogens with zero attached hydrogens (tertiary/aromatic N) is 2. The molecule has 0 bridgehead atoms. The van der Waals surface area contributed by atoms with Crippen molar-refractivity contribution in [3.63, 3.8) is 0 Å². The molecule has 0 saturated carbocycles. The number of hydrogen-bond donors (Lipinski definition) is 0. The Hall–Kier alpha value is -2.12. The molecule has 5 nitrogen and oxygen atoms in total. The van der Waals surface area contributed by atoms with Gasteiger partial charge in [0.15, 0.2) is 0 Å². The van der Waals surface area contributed by atoms with Gasteiger partial charge in [-0.1, -0.05) is 24.3 Å². The van der Waals surface area contributed by atoms with Gasteiger partial charge < -0.3 is 9.15 Å². The summed E-state index contributed by atoms with van der Waals surface area (Å²) in [4.78, 5) is 11.6. The van der Waals surface area contributed by atoms with Crippen molar-refractivity contribution in [3.8, 4) is 11.5 Å². The molecule has 0 aliphatic heterocycles. The zero-order valence-electron chi connectivity index (χ0n) is 13.4. The second-order valence-corrected chi connectivity index (χ2v) is 7.01. The number of rotatable bonds is 6. The second kappa shape index (κ2) is 8.31. The van der Waals surface area contributed by atoms with E-state index >= 15 is 0 Å². The summed E-state index contributed by atoms with van der Waals surface area (Å²) in [6.07, 6.45) is 0. The Morgan fingerprint density at radius 3 is 2.80 bits per heavy atom. The number of halogens is 1. The fourth-order valence-electron chi connectivity index (χ4n) is 2.22. The Labute approximate surface area is 157 Å². The van der Waals surface area contributed by atoms with Crippen molar-refractivity contribution < 1.29 is 13.9 Å². The van der Waals surface area contributed by atoms with Crippen LogP contribution in [0.4, 0.5) is 0 Å². The molecule has 0 fully saturated rings. The van der Waals surface area contributed by atoms with E-state index in [0.717, 1.165) is 21.4 Å². The van der Waals surface area contributed by atoms with Crippen LogP contribution in [0, 0.1) is 0 Å². The van der Waals surface area contributed by atoms with Gasteiger partial charge in [0.2, 0.25) is 11.8 Å². The highest BCUT2D eigenvalue weighted by molar-refractivity contribution is 9.10. The number of carbonyl (C=O) groups excluding carboxylic acids is 1. The van der Waals surface area contributed by atoms with E-state index in [1.807, 2.05) is 42.5 Å². The summed E-state index contributed by atoms with van der Waals surface area (Å²) in [5, 5.41) is 8.19. The summed E-state index contributed by atoms with van der Waals surface area (Å²) in [5.74, 6) is 2.06. The van der Waals surface area contributed by atoms with Crippen LogP contribution in [0.3, 0.4) is 0 Å². The van der Waals surface area contributed by atoms with Gasteiger partial charge in [0.05, 0.1) is 24.0 Å². The normalized spacial score (nSPS) is 10.6. The Bertz CT molecular complexity index is 882. The summed E-state index contributed by atoms with van der Waals surface area (Å²) in [6, 6.07) is 15.1. The number of ether oxygens (including phenoxy) is 1. The highest BCUT2D eigenvalue weighted by Crippen LogP contribution is 2.27. The summed E-state index contributed by atoms with van der Waals surface area (Å²) in [5.41, 5.74) is 2.46. The van der Waals surface area contributed by atoms with Crippen LogP contribution in [0.1, 0.15) is 21.8 Å². The molecular formula is C18H15BrN2O3S. The molecule has 7 heteroatoms. The molecule has 2 aromatic carbocycles. The van der Waals surface area contributed by atoms with Crippen molar-refractivity contribution in [1.82, 2.24) is 10.2 Å². The van der Waals surface area contributed by atoms with Gasteiger partial charge in [-0.2, -0.15) is 0 Å². The molecule has 1 aromatic heterocycles. The Morgan fingerprint density at radius 2 is 2.00 bits per heavy atom. The SMILES string of the molecule is COC(=O)c1cccc(CSCc2nnc(-c3ccccc3Br)o2)c1. The lowest BCUT2D eigenvalue weighted by molar-refractivity contribution is 0.0600. The van der Waals surface area contributed by atoms with Gasteiger partial charge in [-0.05, 0) is 45.8 Å². The first-order valence-corrected chi connectivity index (χ1v) is 9.44. The fraction of sp³-hybridized carbons (Fsp3) is 0.167. The number of esters is 1. The number of carbonyl (C=O) groups is 1. The standard InChI is InChI=1S/C18H15BrN2O3S/c1-23-18(22)13-6-4-5-12(9-13)10-25-11-16-20-21-17(24-16)14-7-2-3-8-15(14)19/h2-9H,10-11H2,1H3. The topological polar surface area (TPSA) is 65.2 Å². The smallest absolute Gasteiger partial charge is 0.337 e. The fourth-order valence-corrected chi connectivity index (χ4v) is 3.48. The van der Waals surface area contributed by atoms with Gasteiger partial charge in [-0.3, -0.25) is 0 Å². The van der Waals surface area contributed by atoms with Gasteiger partial charge >= 0.3 is 5.97 Å². The van der Waals surface area contributed by atoms with Crippen LogP contribution >= 0.6 is 27.7 Å². The molecule has 0 amide bonds. The zero-order valence-corrected chi connectivity index (χ0v) is 15.8. The van der Waals surface area contributed by atoms with Gasteiger partial charge in [-0.25, -0.2) is 4.79 Å². The highest BCUT2D eigenvalue weighted by Gasteiger charge is 2.11. The first-order chi connectivity index (χ1) is 12.2. The van der Waals surface area contributed by atoms with E-state index < -0.39 is 0 Å². The van der Waals surface area contributed by atoms with Crippen LogP contribution in [0.5, 0.6) is 0 Å². The number of hydrogen-bond acceptors (Lipinski definition) is 6. The quantitative estimate of drug-likeness (QED) is 0.539. The molecule has 3 aromatic rings. The van der Waals surface area contributed by atoms with E-state index in [2.05, 4.69) is 26.1 Å². The molecule has 25 heavy (non-hydrogen) atoms. The van der Waals surface area contributed by atoms with Crippen molar-refractivity contribution in [2.45, 2.75) is 11.5 Å². The van der Waals surface area contributed by atoms with Crippen molar-refractivity contribution in [3.05, 3.63) is 70.0 Å². The van der Waals surface area contributed by atoms with Crippen LogP contribution in [-0.4, -0.2) is 23.3 Å². The van der Waals surface area contributed by atoms with Gasteiger partial charge in [0.1, 0.15) is 0 Å². The average molecular weight is 419 g/mol. The lowest BCUT2D eigenvalue weighted by Crippen LogP contribution is -2.01. The second-order valence-electron chi connectivity index (χ2n) is 5.17. The molecule has 3 rings (SSSR count). The minimum absolute atomic E-state index is 0.332. The number of thioether (sulfide) groups is 1. The molecule has 0 aliphatic carbocycles. The van der Waals surface area contributed by atoms with Crippen molar-refractivity contribution in [2.75, 3.05) is 7.11 Å². The molecule has 0 atom stereocenters. The largest absolute Gasteiger partial charge is 0.465 e. The first-order valence-electron chi connectivity index (χ1n) is 7.49. The van der Waals surface area contributed by atoms with Crippen LogP contribution < -0.4 is 0 Å². The zero-order chi connectivity index (χ0) is 17.6. The third-order valence-electron chi connectivity index (χ3n) is 3.41. The minimum Gasteiger partial charge on any atom is -0.465 e. The van der Waals surface area contributed by atoms with E-state index in [0.29, 0.717) is 23.1 Å². The van der Waals surface area contributed by atoms with Crippen LogP contribution in [0.2, 0.25) is 0 Å². The van der Waals surface area contributed by atoms with Crippen LogP contribution in [0.15, 0.2) is 57.4 Å². The molecule has 0 aliphatic rings. The van der Waals surface area contributed by atoms with E-state index in [1.165, 1.54) is 7.11 Å². The lowest BCUT2D eigenvalue weighted by Gasteiger charge is -2.03. The molecule has 0 spiro atoms. The number of aromatic nitrogens is 2. The Morgan fingerprint density at radius 1 is 1.16 bits per heavy atom. The summed E-state index contributed by atoms with van der Waals surface area (Å²) >= 11 is 5.12. The third kappa shape index (κ3) is 4.49. The number of methoxy groups -OCH3 is 1. The Balaban J connectivity index is 1.60. The molecule has 0 radical (unpaired) electrons. The van der Waals surface area contributed by atoms with Gasteiger partial charge in [-0.15, -0.1) is 22.0 Å². The van der Waals surface area contributed by atoms with Crippen molar-refractivity contribution in [2.24, 2.45) is 0 Å².